The number of hydrogen-bond acceptors (Lipinski definition) is 3. The van der Waals surface area contributed by atoms with Gasteiger partial charge in [0.2, 0.25) is 0 Å². The second-order valence-electron chi connectivity index (χ2n) is 2.97. The van der Waals surface area contributed by atoms with Crippen LogP contribution in [0.3, 0.4) is 0 Å². The van der Waals surface area contributed by atoms with Crippen molar-refractivity contribution in [3.8, 4) is 12.3 Å². The summed E-state index contributed by atoms with van der Waals surface area (Å²) in [6, 6.07) is -0.334. The Morgan fingerprint density at radius 3 is 2.86 bits per heavy atom. The van der Waals surface area contributed by atoms with Crippen LogP contribution in [-0.2, 0) is 0 Å². The first-order valence-corrected chi connectivity index (χ1v) is 4.13. The standard InChI is InChI=1S/C9H12N4O/c1-4-5(2)11-9(14)8-7(10)6(3)12-13-8/h1,5H,10H2,2-3H3,(H,11,14)(H,12,13). The molecular formula is C9H12N4O. The van der Waals surface area contributed by atoms with Crippen molar-refractivity contribution in [2.45, 2.75) is 19.9 Å². The third kappa shape index (κ3) is 1.85. The van der Waals surface area contributed by atoms with Crippen LogP contribution in [-0.4, -0.2) is 22.1 Å². The smallest absolute Gasteiger partial charge is 0.274 e. The molecule has 1 atom stereocenters. The Labute approximate surface area is 82.1 Å². The van der Waals surface area contributed by atoms with Crippen molar-refractivity contribution in [1.82, 2.24) is 15.5 Å². The Morgan fingerprint density at radius 2 is 2.43 bits per heavy atom. The lowest BCUT2D eigenvalue weighted by atomic mass is 10.2. The third-order valence-corrected chi connectivity index (χ3v) is 1.81. The second kappa shape index (κ2) is 3.83. The van der Waals surface area contributed by atoms with E-state index in [2.05, 4.69) is 21.4 Å². The summed E-state index contributed by atoms with van der Waals surface area (Å²) in [7, 11) is 0. The van der Waals surface area contributed by atoms with Crippen LogP contribution in [0, 0.1) is 19.3 Å². The van der Waals surface area contributed by atoms with Crippen LogP contribution in [0.25, 0.3) is 0 Å². The number of nitrogens with one attached hydrogen (secondary N) is 2. The van der Waals surface area contributed by atoms with E-state index < -0.39 is 0 Å². The van der Waals surface area contributed by atoms with Gasteiger partial charge in [0.25, 0.3) is 5.91 Å². The molecule has 1 aromatic rings. The van der Waals surface area contributed by atoms with E-state index in [-0.39, 0.29) is 17.6 Å². The Kier molecular flexibility index (Phi) is 2.77. The zero-order valence-corrected chi connectivity index (χ0v) is 8.09. The summed E-state index contributed by atoms with van der Waals surface area (Å²) >= 11 is 0. The largest absolute Gasteiger partial charge is 0.395 e. The highest BCUT2D eigenvalue weighted by molar-refractivity contribution is 5.97. The number of anilines is 1. The van der Waals surface area contributed by atoms with Gasteiger partial charge in [-0.1, -0.05) is 5.92 Å². The Morgan fingerprint density at radius 1 is 1.79 bits per heavy atom. The molecule has 5 nitrogen and oxygen atoms in total. The quantitative estimate of drug-likeness (QED) is 0.579. The van der Waals surface area contributed by atoms with Gasteiger partial charge < -0.3 is 11.1 Å². The normalized spacial score (nSPS) is 11.8. The predicted molar refractivity (Wildman–Crippen MR) is 53.5 cm³/mol. The summed E-state index contributed by atoms with van der Waals surface area (Å²) in [6.45, 7) is 3.44. The molecule has 0 fully saturated rings. The SMILES string of the molecule is C#CC(C)NC(=O)c1n[nH]c(C)c1N. The molecule has 4 N–H and O–H groups in total. The summed E-state index contributed by atoms with van der Waals surface area (Å²) in [5, 5.41) is 8.96. The van der Waals surface area contributed by atoms with Gasteiger partial charge in [0, 0.05) is 0 Å². The van der Waals surface area contributed by atoms with E-state index in [0.717, 1.165) is 0 Å². The molecule has 0 saturated heterocycles. The Bertz CT molecular complexity index is 388. The summed E-state index contributed by atoms with van der Waals surface area (Å²) in [4.78, 5) is 11.5. The molecule has 5 heteroatoms. The van der Waals surface area contributed by atoms with Crippen LogP contribution >= 0.6 is 0 Å². The highest BCUT2D eigenvalue weighted by Gasteiger charge is 2.15. The number of amides is 1. The van der Waals surface area contributed by atoms with Crippen molar-refractivity contribution in [3.63, 3.8) is 0 Å². The number of H-pyrrole nitrogens is 1. The lowest BCUT2D eigenvalue weighted by molar-refractivity contribution is 0.0944. The maximum Gasteiger partial charge on any atom is 0.274 e. The molecule has 1 rings (SSSR count). The highest BCUT2D eigenvalue weighted by atomic mass is 16.2. The first-order valence-electron chi connectivity index (χ1n) is 4.13. The molecule has 14 heavy (non-hydrogen) atoms. The van der Waals surface area contributed by atoms with E-state index in [1.54, 1.807) is 13.8 Å². The van der Waals surface area contributed by atoms with Gasteiger partial charge in [-0.25, -0.2) is 0 Å². The number of carbonyl (C=O) groups excluding carboxylic acids is 1. The van der Waals surface area contributed by atoms with Gasteiger partial charge in [-0.05, 0) is 13.8 Å². The lowest BCUT2D eigenvalue weighted by Gasteiger charge is -2.05. The molecule has 0 aliphatic heterocycles. The minimum atomic E-state index is -0.364. The van der Waals surface area contributed by atoms with Crippen molar-refractivity contribution >= 4 is 11.6 Å². The average molecular weight is 192 g/mol. The van der Waals surface area contributed by atoms with Crippen molar-refractivity contribution in [2.75, 3.05) is 5.73 Å². The number of hydrogen-bond donors (Lipinski definition) is 3. The molecule has 1 unspecified atom stereocenters. The molecule has 0 spiro atoms. The van der Waals surface area contributed by atoms with Crippen molar-refractivity contribution in [3.05, 3.63) is 11.4 Å². The number of terminal acetylenes is 1. The van der Waals surface area contributed by atoms with Gasteiger partial charge in [0.05, 0.1) is 17.4 Å². The fraction of sp³-hybridized carbons (Fsp3) is 0.333. The van der Waals surface area contributed by atoms with Crippen molar-refractivity contribution in [2.24, 2.45) is 0 Å². The minimum Gasteiger partial charge on any atom is -0.395 e. The van der Waals surface area contributed by atoms with Crippen LogP contribution in [0.4, 0.5) is 5.69 Å². The molecule has 1 heterocycles. The molecule has 1 aromatic heterocycles. The predicted octanol–water partition coefficient (Wildman–Crippen LogP) is 0.0518. The van der Waals surface area contributed by atoms with E-state index in [0.29, 0.717) is 11.4 Å². The number of rotatable bonds is 2. The van der Waals surface area contributed by atoms with Crippen LogP contribution in [0.1, 0.15) is 23.1 Å². The molecule has 1 amide bonds. The second-order valence-corrected chi connectivity index (χ2v) is 2.97. The Hall–Kier alpha value is -1.96. The number of aromatic amines is 1. The monoisotopic (exact) mass is 192 g/mol. The fourth-order valence-corrected chi connectivity index (χ4v) is 0.918. The number of nitrogens with two attached hydrogens (primary N) is 1. The van der Waals surface area contributed by atoms with E-state index >= 15 is 0 Å². The van der Waals surface area contributed by atoms with Crippen molar-refractivity contribution < 1.29 is 4.79 Å². The van der Waals surface area contributed by atoms with Crippen LogP contribution in [0.15, 0.2) is 0 Å². The number of carbonyl (C=O) groups is 1. The van der Waals surface area contributed by atoms with Gasteiger partial charge >= 0.3 is 0 Å². The molecule has 0 aliphatic carbocycles. The van der Waals surface area contributed by atoms with E-state index in [4.69, 9.17) is 12.2 Å². The minimum absolute atomic E-state index is 0.185. The molecule has 0 aliphatic rings. The van der Waals surface area contributed by atoms with E-state index in [1.807, 2.05) is 0 Å². The van der Waals surface area contributed by atoms with Crippen molar-refractivity contribution in [1.29, 1.82) is 0 Å². The maximum absolute atomic E-state index is 11.5. The molecule has 0 saturated carbocycles. The maximum atomic E-state index is 11.5. The zero-order chi connectivity index (χ0) is 10.7. The number of aryl methyl sites for hydroxylation is 1. The molecule has 74 valence electrons. The van der Waals surface area contributed by atoms with Gasteiger partial charge in [0.15, 0.2) is 5.69 Å². The summed E-state index contributed by atoms with van der Waals surface area (Å²) in [5.41, 5.74) is 6.82. The number of nitrogens with zero attached hydrogens (tertiary/aromatic N) is 1. The third-order valence-electron chi connectivity index (χ3n) is 1.81. The summed E-state index contributed by atoms with van der Waals surface area (Å²) in [6.07, 6.45) is 5.12. The van der Waals surface area contributed by atoms with Gasteiger partial charge in [-0.15, -0.1) is 6.42 Å². The number of aromatic nitrogens is 2. The van der Waals surface area contributed by atoms with Gasteiger partial charge in [-0.2, -0.15) is 5.10 Å². The molecule has 0 radical (unpaired) electrons. The summed E-state index contributed by atoms with van der Waals surface area (Å²) < 4.78 is 0. The van der Waals surface area contributed by atoms with E-state index in [1.165, 1.54) is 0 Å². The number of nitrogen functional groups attached to an aromatic ring is 1. The molecular weight excluding hydrogens is 180 g/mol. The molecule has 0 bridgehead atoms. The van der Waals surface area contributed by atoms with Crippen LogP contribution in [0.5, 0.6) is 0 Å². The Balaban J connectivity index is 2.81. The van der Waals surface area contributed by atoms with Crippen LogP contribution < -0.4 is 11.1 Å². The van der Waals surface area contributed by atoms with Gasteiger partial charge in [0.1, 0.15) is 0 Å². The fourth-order valence-electron chi connectivity index (χ4n) is 0.918. The zero-order valence-electron chi connectivity index (χ0n) is 8.09. The summed E-state index contributed by atoms with van der Waals surface area (Å²) in [5.74, 6) is 2.02. The first-order chi connectivity index (χ1) is 6.56. The van der Waals surface area contributed by atoms with E-state index in [9.17, 15) is 4.79 Å². The molecule has 0 aromatic carbocycles. The lowest BCUT2D eigenvalue weighted by Crippen LogP contribution is -2.32. The van der Waals surface area contributed by atoms with Gasteiger partial charge in [-0.3, -0.25) is 9.89 Å². The highest BCUT2D eigenvalue weighted by Crippen LogP contribution is 2.11. The topological polar surface area (TPSA) is 83.8 Å². The first kappa shape index (κ1) is 10.1. The van der Waals surface area contributed by atoms with Crippen LogP contribution in [0.2, 0.25) is 0 Å². The average Bonchev–Trinajstić information content (AvgIpc) is 2.47.